The third kappa shape index (κ3) is 4.39. The molecule has 1 aliphatic rings. The van der Waals surface area contributed by atoms with Crippen LogP contribution in [0.4, 0.5) is 4.39 Å². The summed E-state index contributed by atoms with van der Waals surface area (Å²) >= 11 is 0. The Morgan fingerprint density at radius 1 is 1.13 bits per heavy atom. The van der Waals surface area contributed by atoms with Gasteiger partial charge in [-0.3, -0.25) is 4.79 Å². The molecule has 23 heavy (non-hydrogen) atoms. The van der Waals surface area contributed by atoms with Crippen molar-refractivity contribution in [2.45, 2.75) is 18.9 Å². The van der Waals surface area contributed by atoms with Crippen molar-refractivity contribution >= 4 is 5.91 Å². The third-order valence-corrected chi connectivity index (χ3v) is 4.04. The van der Waals surface area contributed by atoms with Crippen molar-refractivity contribution in [3.8, 4) is 0 Å². The molecule has 0 aliphatic carbocycles. The average Bonchev–Trinajstić information content (AvgIpc) is 2.56. The van der Waals surface area contributed by atoms with Gasteiger partial charge in [0.05, 0.1) is 19.1 Å². The van der Waals surface area contributed by atoms with E-state index in [1.807, 2.05) is 23.1 Å². The molecule has 1 aliphatic heterocycles. The standard InChI is InChI=1S/C19H20FNO2/c20-17-8-4-7-16(11-17)13-19(22)21-9-10-23-18(14-21)12-15-5-2-1-3-6-15/h1-8,11,18H,9-10,12-14H2. The molecule has 0 bridgehead atoms. The molecule has 0 saturated carbocycles. The predicted molar refractivity (Wildman–Crippen MR) is 86.6 cm³/mol. The fourth-order valence-electron chi connectivity index (χ4n) is 2.88. The molecule has 0 radical (unpaired) electrons. The van der Waals surface area contributed by atoms with Crippen LogP contribution in [0.1, 0.15) is 11.1 Å². The Morgan fingerprint density at radius 3 is 2.70 bits per heavy atom. The number of ether oxygens (including phenoxy) is 1. The largest absolute Gasteiger partial charge is 0.374 e. The van der Waals surface area contributed by atoms with Gasteiger partial charge in [0.25, 0.3) is 0 Å². The number of nitrogens with zero attached hydrogens (tertiary/aromatic N) is 1. The fourth-order valence-corrected chi connectivity index (χ4v) is 2.88. The van der Waals surface area contributed by atoms with Gasteiger partial charge in [-0.05, 0) is 23.3 Å². The van der Waals surface area contributed by atoms with Crippen LogP contribution in [0.3, 0.4) is 0 Å². The molecule has 1 atom stereocenters. The van der Waals surface area contributed by atoms with Gasteiger partial charge < -0.3 is 9.64 Å². The molecule has 1 fully saturated rings. The second-order valence-electron chi connectivity index (χ2n) is 5.83. The van der Waals surface area contributed by atoms with Crippen molar-refractivity contribution in [1.29, 1.82) is 0 Å². The summed E-state index contributed by atoms with van der Waals surface area (Å²) in [5, 5.41) is 0. The van der Waals surface area contributed by atoms with Crippen molar-refractivity contribution in [1.82, 2.24) is 4.90 Å². The van der Waals surface area contributed by atoms with Crippen LogP contribution in [0.25, 0.3) is 0 Å². The molecule has 2 aromatic carbocycles. The summed E-state index contributed by atoms with van der Waals surface area (Å²) in [6.07, 6.45) is 1.04. The Hall–Kier alpha value is -2.20. The zero-order valence-electron chi connectivity index (χ0n) is 13.0. The first kappa shape index (κ1) is 15.7. The topological polar surface area (TPSA) is 29.5 Å². The normalized spacial score (nSPS) is 18.0. The molecule has 3 nitrogen and oxygen atoms in total. The second kappa shape index (κ2) is 7.38. The van der Waals surface area contributed by atoms with Gasteiger partial charge in [-0.15, -0.1) is 0 Å². The van der Waals surface area contributed by atoms with Crippen molar-refractivity contribution < 1.29 is 13.9 Å². The number of carbonyl (C=O) groups is 1. The van der Waals surface area contributed by atoms with E-state index < -0.39 is 0 Å². The number of benzene rings is 2. The Balaban J connectivity index is 1.58. The average molecular weight is 313 g/mol. The minimum Gasteiger partial charge on any atom is -0.374 e. The summed E-state index contributed by atoms with van der Waals surface area (Å²) in [6, 6.07) is 16.3. The molecule has 120 valence electrons. The van der Waals surface area contributed by atoms with Crippen molar-refractivity contribution in [3.05, 3.63) is 71.5 Å². The highest BCUT2D eigenvalue weighted by Crippen LogP contribution is 2.13. The number of morpholine rings is 1. The maximum absolute atomic E-state index is 13.2. The van der Waals surface area contributed by atoms with E-state index in [0.29, 0.717) is 25.3 Å². The van der Waals surface area contributed by atoms with Crippen LogP contribution in [-0.2, 0) is 22.4 Å². The molecule has 1 saturated heterocycles. The van der Waals surface area contributed by atoms with Gasteiger partial charge in [0.2, 0.25) is 5.91 Å². The molecule has 1 heterocycles. The molecule has 4 heteroatoms. The molecule has 1 unspecified atom stereocenters. The summed E-state index contributed by atoms with van der Waals surface area (Å²) in [7, 11) is 0. The van der Waals surface area contributed by atoms with Gasteiger partial charge in [-0.1, -0.05) is 42.5 Å². The van der Waals surface area contributed by atoms with E-state index in [0.717, 1.165) is 6.42 Å². The summed E-state index contributed by atoms with van der Waals surface area (Å²) < 4.78 is 19.0. The minimum atomic E-state index is -0.306. The Kier molecular flexibility index (Phi) is 5.03. The van der Waals surface area contributed by atoms with Crippen LogP contribution >= 0.6 is 0 Å². The van der Waals surface area contributed by atoms with Gasteiger partial charge >= 0.3 is 0 Å². The number of hydrogen-bond acceptors (Lipinski definition) is 2. The van der Waals surface area contributed by atoms with E-state index in [-0.39, 0.29) is 24.2 Å². The lowest BCUT2D eigenvalue weighted by molar-refractivity contribution is -0.138. The molecule has 3 rings (SSSR count). The van der Waals surface area contributed by atoms with Crippen molar-refractivity contribution in [2.24, 2.45) is 0 Å². The number of hydrogen-bond donors (Lipinski definition) is 0. The number of amides is 1. The van der Waals surface area contributed by atoms with E-state index in [9.17, 15) is 9.18 Å². The number of carbonyl (C=O) groups excluding carboxylic acids is 1. The van der Waals surface area contributed by atoms with Crippen LogP contribution < -0.4 is 0 Å². The second-order valence-corrected chi connectivity index (χ2v) is 5.83. The molecular formula is C19H20FNO2. The lowest BCUT2D eigenvalue weighted by Gasteiger charge is -2.33. The molecule has 0 N–H and O–H groups in total. The van der Waals surface area contributed by atoms with E-state index in [2.05, 4.69) is 12.1 Å². The molecule has 0 spiro atoms. The lowest BCUT2D eigenvalue weighted by atomic mass is 10.1. The van der Waals surface area contributed by atoms with Crippen LogP contribution in [-0.4, -0.2) is 36.6 Å². The van der Waals surface area contributed by atoms with Gasteiger partial charge in [0.15, 0.2) is 0 Å². The highest BCUT2D eigenvalue weighted by atomic mass is 19.1. The monoisotopic (exact) mass is 313 g/mol. The SMILES string of the molecule is O=C(Cc1cccc(F)c1)N1CCOC(Cc2ccccc2)C1. The Bertz CT molecular complexity index is 659. The van der Waals surface area contributed by atoms with E-state index in [1.54, 1.807) is 12.1 Å². The Labute approximate surface area is 135 Å². The minimum absolute atomic E-state index is 0.0163. The first-order valence-corrected chi connectivity index (χ1v) is 7.88. The van der Waals surface area contributed by atoms with E-state index in [4.69, 9.17) is 4.74 Å². The zero-order chi connectivity index (χ0) is 16.1. The summed E-state index contributed by atoms with van der Waals surface area (Å²) in [4.78, 5) is 14.2. The molecular weight excluding hydrogens is 293 g/mol. The third-order valence-electron chi connectivity index (χ3n) is 4.04. The van der Waals surface area contributed by atoms with Crippen molar-refractivity contribution in [3.63, 3.8) is 0 Å². The van der Waals surface area contributed by atoms with E-state index in [1.165, 1.54) is 17.7 Å². The fraction of sp³-hybridized carbons (Fsp3) is 0.316. The quantitative estimate of drug-likeness (QED) is 0.869. The lowest BCUT2D eigenvalue weighted by Crippen LogP contribution is -2.46. The first-order valence-electron chi connectivity index (χ1n) is 7.88. The number of rotatable bonds is 4. The molecule has 1 amide bonds. The summed E-state index contributed by atoms with van der Waals surface area (Å²) in [6.45, 7) is 1.73. The van der Waals surface area contributed by atoms with Crippen LogP contribution in [0, 0.1) is 5.82 Å². The van der Waals surface area contributed by atoms with Crippen LogP contribution in [0.15, 0.2) is 54.6 Å². The highest BCUT2D eigenvalue weighted by Gasteiger charge is 2.24. The summed E-state index contributed by atoms with van der Waals surface area (Å²) in [5.41, 5.74) is 1.91. The summed E-state index contributed by atoms with van der Waals surface area (Å²) in [5.74, 6) is -0.281. The highest BCUT2D eigenvalue weighted by molar-refractivity contribution is 5.78. The van der Waals surface area contributed by atoms with Crippen molar-refractivity contribution in [2.75, 3.05) is 19.7 Å². The smallest absolute Gasteiger partial charge is 0.227 e. The predicted octanol–water partition coefficient (Wildman–Crippen LogP) is 2.84. The van der Waals surface area contributed by atoms with Crippen LogP contribution in [0.2, 0.25) is 0 Å². The zero-order valence-corrected chi connectivity index (χ0v) is 13.0. The first-order chi connectivity index (χ1) is 11.2. The van der Waals surface area contributed by atoms with Gasteiger partial charge in [0.1, 0.15) is 5.82 Å². The number of halogens is 1. The molecule has 2 aromatic rings. The van der Waals surface area contributed by atoms with Gasteiger partial charge in [-0.2, -0.15) is 0 Å². The van der Waals surface area contributed by atoms with E-state index >= 15 is 0 Å². The maximum atomic E-state index is 13.2. The van der Waals surface area contributed by atoms with Gasteiger partial charge in [-0.25, -0.2) is 4.39 Å². The Morgan fingerprint density at radius 2 is 1.91 bits per heavy atom. The van der Waals surface area contributed by atoms with Gasteiger partial charge in [0, 0.05) is 19.5 Å². The van der Waals surface area contributed by atoms with Crippen LogP contribution in [0.5, 0.6) is 0 Å². The maximum Gasteiger partial charge on any atom is 0.227 e. The molecule has 0 aromatic heterocycles.